The molecule has 2 heterocycles. The smallest absolute Gasteiger partial charge is 0.252 e. The van der Waals surface area contributed by atoms with Gasteiger partial charge in [-0.05, 0) is 36.5 Å². The first-order valence-electron chi connectivity index (χ1n) is 8.77. The van der Waals surface area contributed by atoms with Crippen LogP contribution in [0.25, 0.3) is 5.57 Å². The first-order valence-corrected chi connectivity index (χ1v) is 8.77. The predicted octanol–water partition coefficient (Wildman–Crippen LogP) is 3.27. The second kappa shape index (κ2) is 6.73. The van der Waals surface area contributed by atoms with E-state index in [0.717, 1.165) is 17.5 Å². The second-order valence-electron chi connectivity index (χ2n) is 6.76. The van der Waals surface area contributed by atoms with Gasteiger partial charge in [0.25, 0.3) is 5.91 Å². The van der Waals surface area contributed by atoms with Crippen LogP contribution < -0.4 is 15.8 Å². The third-order valence-corrected chi connectivity index (χ3v) is 5.00. The summed E-state index contributed by atoms with van der Waals surface area (Å²) < 4.78 is 6.10. The maximum absolute atomic E-state index is 11.9. The Balaban J connectivity index is 1.69. The highest BCUT2D eigenvalue weighted by atomic mass is 16.5. The lowest BCUT2D eigenvalue weighted by molar-refractivity contribution is 0.0996. The van der Waals surface area contributed by atoms with Crippen molar-refractivity contribution in [3.8, 4) is 5.75 Å². The first-order chi connectivity index (χ1) is 12.2. The summed E-state index contributed by atoms with van der Waals surface area (Å²) in [5, 5.41) is 3.60. The van der Waals surface area contributed by atoms with Gasteiger partial charge in [-0.1, -0.05) is 48.5 Å². The third kappa shape index (κ3) is 3.30. The Kier molecular flexibility index (Phi) is 4.28. The van der Waals surface area contributed by atoms with Crippen LogP contribution in [0.1, 0.15) is 40.7 Å². The van der Waals surface area contributed by atoms with E-state index in [-0.39, 0.29) is 0 Å². The molecule has 2 aromatic carbocycles. The van der Waals surface area contributed by atoms with Gasteiger partial charge in [0, 0.05) is 17.6 Å². The molecular weight excluding hydrogens is 312 g/mol. The minimum Gasteiger partial charge on any atom is -0.487 e. The second-order valence-corrected chi connectivity index (χ2v) is 6.76. The summed E-state index contributed by atoms with van der Waals surface area (Å²) in [4.78, 5) is 11.9. The largest absolute Gasteiger partial charge is 0.487 e. The van der Waals surface area contributed by atoms with E-state index in [1.165, 1.54) is 18.4 Å². The van der Waals surface area contributed by atoms with Crippen molar-refractivity contribution in [1.82, 2.24) is 5.32 Å². The number of fused-ring (bicyclic) bond motifs is 2. The van der Waals surface area contributed by atoms with Crippen molar-refractivity contribution in [2.45, 2.75) is 38.0 Å². The minimum atomic E-state index is -0.456. The molecule has 1 fully saturated rings. The van der Waals surface area contributed by atoms with Gasteiger partial charge < -0.3 is 15.8 Å². The number of rotatable bonds is 5. The summed E-state index contributed by atoms with van der Waals surface area (Å²) >= 11 is 0. The fourth-order valence-electron chi connectivity index (χ4n) is 3.79. The van der Waals surface area contributed by atoms with Gasteiger partial charge in [-0.15, -0.1) is 0 Å². The molecule has 2 aliphatic rings. The molecule has 4 nitrogen and oxygen atoms in total. The number of benzene rings is 2. The van der Waals surface area contributed by atoms with Crippen LogP contribution in [0, 0.1) is 0 Å². The van der Waals surface area contributed by atoms with Crippen molar-refractivity contribution >= 4 is 11.5 Å². The van der Waals surface area contributed by atoms with Crippen molar-refractivity contribution in [3.63, 3.8) is 0 Å². The van der Waals surface area contributed by atoms with E-state index in [1.54, 1.807) is 6.07 Å². The van der Waals surface area contributed by atoms with Crippen molar-refractivity contribution in [2.24, 2.45) is 5.73 Å². The lowest BCUT2D eigenvalue weighted by Gasteiger charge is -2.24. The van der Waals surface area contributed by atoms with Crippen molar-refractivity contribution in [1.29, 1.82) is 0 Å². The first kappa shape index (κ1) is 15.9. The number of primary amides is 1. The molecular formula is C21H22N2O2. The summed E-state index contributed by atoms with van der Waals surface area (Å²) in [6.45, 7) is 0.413. The van der Waals surface area contributed by atoms with Gasteiger partial charge in [-0.3, -0.25) is 4.79 Å². The lowest BCUT2D eigenvalue weighted by Crippen LogP contribution is -2.32. The van der Waals surface area contributed by atoms with Crippen LogP contribution >= 0.6 is 0 Å². The molecule has 0 radical (unpaired) electrons. The molecule has 0 unspecified atom stereocenters. The number of hydrogen-bond donors (Lipinski definition) is 2. The Morgan fingerprint density at radius 2 is 1.96 bits per heavy atom. The Morgan fingerprint density at radius 1 is 1.12 bits per heavy atom. The van der Waals surface area contributed by atoms with Gasteiger partial charge in [0.05, 0.1) is 5.56 Å². The molecule has 128 valence electrons. The maximum atomic E-state index is 11.9. The van der Waals surface area contributed by atoms with E-state index in [4.69, 9.17) is 10.5 Å². The van der Waals surface area contributed by atoms with E-state index in [9.17, 15) is 4.79 Å². The molecule has 2 aromatic rings. The van der Waals surface area contributed by atoms with Gasteiger partial charge in [-0.25, -0.2) is 0 Å². The molecule has 1 saturated heterocycles. The monoisotopic (exact) mass is 334 g/mol. The van der Waals surface area contributed by atoms with Crippen LogP contribution in [-0.4, -0.2) is 18.0 Å². The zero-order valence-corrected chi connectivity index (χ0v) is 14.1. The highest BCUT2D eigenvalue weighted by molar-refractivity contribution is 5.97. The van der Waals surface area contributed by atoms with Gasteiger partial charge in [0.1, 0.15) is 12.4 Å². The molecule has 3 N–H and O–H groups in total. The molecule has 4 heteroatoms. The average molecular weight is 334 g/mol. The van der Waals surface area contributed by atoms with Crippen molar-refractivity contribution in [2.75, 3.05) is 0 Å². The van der Waals surface area contributed by atoms with Gasteiger partial charge in [0.15, 0.2) is 0 Å². The topological polar surface area (TPSA) is 64.4 Å². The Bertz CT molecular complexity index is 814. The number of nitrogens with one attached hydrogen (secondary N) is 1. The lowest BCUT2D eigenvalue weighted by atomic mass is 9.93. The molecule has 0 aliphatic carbocycles. The van der Waals surface area contributed by atoms with E-state index in [2.05, 4.69) is 11.4 Å². The van der Waals surface area contributed by atoms with E-state index in [0.29, 0.717) is 30.0 Å². The molecule has 25 heavy (non-hydrogen) atoms. The number of nitrogens with two attached hydrogens (primary N) is 1. The predicted molar refractivity (Wildman–Crippen MR) is 98.3 cm³/mol. The van der Waals surface area contributed by atoms with Crippen LogP contribution in [0.5, 0.6) is 5.75 Å². The highest BCUT2D eigenvalue weighted by Crippen LogP contribution is 2.37. The minimum absolute atomic E-state index is 0.413. The van der Waals surface area contributed by atoms with Crippen LogP contribution in [0.15, 0.2) is 54.6 Å². The maximum Gasteiger partial charge on any atom is 0.252 e. The third-order valence-electron chi connectivity index (χ3n) is 5.00. The highest BCUT2D eigenvalue weighted by Gasteiger charge is 2.30. The summed E-state index contributed by atoms with van der Waals surface area (Å²) in [6.07, 6.45) is 5.60. The Hall–Kier alpha value is -2.59. The van der Waals surface area contributed by atoms with Crippen LogP contribution in [0.3, 0.4) is 0 Å². The van der Waals surface area contributed by atoms with Gasteiger partial charge in [0.2, 0.25) is 0 Å². The molecule has 0 aromatic heterocycles. The normalized spacial score (nSPS) is 21.7. The summed E-state index contributed by atoms with van der Waals surface area (Å²) in [5.41, 5.74) is 9.34. The van der Waals surface area contributed by atoms with E-state index >= 15 is 0 Å². The molecule has 0 spiro atoms. The Labute approximate surface area is 147 Å². The molecule has 1 amide bonds. The zero-order valence-electron chi connectivity index (χ0n) is 14.1. The number of carbonyl (C=O) groups is 1. The summed E-state index contributed by atoms with van der Waals surface area (Å²) in [7, 11) is 0. The fourth-order valence-corrected chi connectivity index (χ4v) is 3.79. The van der Waals surface area contributed by atoms with Gasteiger partial charge in [-0.2, -0.15) is 0 Å². The summed E-state index contributed by atoms with van der Waals surface area (Å²) in [6, 6.07) is 16.5. The van der Waals surface area contributed by atoms with Crippen LogP contribution in [-0.2, 0) is 6.61 Å². The molecule has 2 aliphatic heterocycles. The van der Waals surface area contributed by atoms with Crippen molar-refractivity contribution in [3.05, 3.63) is 71.3 Å². The standard InChI is InChI=1S/C21H22N2O2/c22-21(24)19-8-4-7-18(15-11-16-9-10-17(12-15)23-16)20(19)25-13-14-5-2-1-3-6-14/h1-8,11,16-17,23H,9-10,12-13H2,(H2,22,24)/t16-,17+/m1/s1. The molecule has 0 saturated carbocycles. The quantitative estimate of drug-likeness (QED) is 0.882. The zero-order chi connectivity index (χ0) is 17.2. The molecule has 4 rings (SSSR count). The fraction of sp³-hybridized carbons (Fsp3) is 0.286. The van der Waals surface area contributed by atoms with Crippen LogP contribution in [0.2, 0.25) is 0 Å². The number of para-hydroxylation sites is 1. The van der Waals surface area contributed by atoms with Crippen LogP contribution in [0.4, 0.5) is 0 Å². The SMILES string of the molecule is NC(=O)c1cccc(C2=C[C@H]3CC[C@@H](C2)N3)c1OCc1ccccc1. The van der Waals surface area contributed by atoms with E-state index in [1.807, 2.05) is 42.5 Å². The molecule has 2 atom stereocenters. The number of amides is 1. The van der Waals surface area contributed by atoms with Crippen molar-refractivity contribution < 1.29 is 9.53 Å². The number of ether oxygens (including phenoxy) is 1. The number of hydrogen-bond acceptors (Lipinski definition) is 3. The number of carbonyl (C=O) groups excluding carboxylic acids is 1. The average Bonchev–Trinajstić information content (AvgIpc) is 2.98. The Morgan fingerprint density at radius 3 is 2.72 bits per heavy atom. The molecule has 2 bridgehead atoms. The summed E-state index contributed by atoms with van der Waals surface area (Å²) in [5.74, 6) is 0.147. The van der Waals surface area contributed by atoms with E-state index < -0.39 is 5.91 Å². The van der Waals surface area contributed by atoms with Gasteiger partial charge >= 0.3 is 0 Å².